The van der Waals surface area contributed by atoms with Gasteiger partial charge >= 0.3 is 0 Å². The predicted molar refractivity (Wildman–Crippen MR) is 86.5 cm³/mol. The number of sulfonamides is 1. The second-order valence-electron chi connectivity index (χ2n) is 5.54. The normalized spacial score (nSPS) is 18.3. The van der Waals surface area contributed by atoms with Gasteiger partial charge in [0.1, 0.15) is 12.2 Å². The Kier molecular flexibility index (Phi) is 4.45. The van der Waals surface area contributed by atoms with Gasteiger partial charge in [0.15, 0.2) is 9.84 Å². The Hall–Kier alpha value is -1.78. The number of sulfone groups is 1. The van der Waals surface area contributed by atoms with Crippen LogP contribution in [0.25, 0.3) is 0 Å². The molecule has 3 rings (SSSR count). The second kappa shape index (κ2) is 6.26. The molecule has 0 bridgehead atoms. The molecule has 0 radical (unpaired) electrons. The summed E-state index contributed by atoms with van der Waals surface area (Å²) in [5, 5.41) is 4.06. The summed E-state index contributed by atoms with van der Waals surface area (Å²) in [4.78, 5) is 4.04. The molecule has 2 heterocycles. The van der Waals surface area contributed by atoms with Crippen molar-refractivity contribution in [3.8, 4) is 0 Å². The molecule has 1 N–H and O–H groups in total. The van der Waals surface area contributed by atoms with E-state index in [1.807, 2.05) is 0 Å². The minimum Gasteiger partial charge on any atom is -0.248 e. The maximum atomic E-state index is 12.6. The molecule has 0 aliphatic carbocycles. The fourth-order valence-corrected chi connectivity index (χ4v) is 4.93. The van der Waals surface area contributed by atoms with Crippen molar-refractivity contribution >= 4 is 19.9 Å². The van der Waals surface area contributed by atoms with Crippen LogP contribution in [0.5, 0.6) is 0 Å². The second-order valence-corrected chi connectivity index (χ2v) is 9.53. The van der Waals surface area contributed by atoms with Gasteiger partial charge < -0.3 is 0 Å². The van der Waals surface area contributed by atoms with Gasteiger partial charge in [0, 0.05) is 6.54 Å². The standard InChI is InChI=1S/C14H18N4O4S2/c1-2-23(19,20)11-5-3-6-12(9-11)24(21,22)17-13-7-4-8-18-14(13)15-10-16-18/h3,5-6,9-10,13,17H,2,4,7-8H2,1H3/t13-/m0/s1. The van der Waals surface area contributed by atoms with E-state index in [2.05, 4.69) is 14.8 Å². The molecular weight excluding hydrogens is 352 g/mol. The SMILES string of the molecule is CCS(=O)(=O)c1cccc(S(=O)(=O)N[C@H]2CCCn3ncnc32)c1. The molecule has 1 atom stereocenters. The van der Waals surface area contributed by atoms with E-state index in [1.165, 1.54) is 37.5 Å². The first-order valence-corrected chi connectivity index (χ1v) is 10.7. The van der Waals surface area contributed by atoms with E-state index in [4.69, 9.17) is 0 Å². The van der Waals surface area contributed by atoms with Gasteiger partial charge in [-0.1, -0.05) is 13.0 Å². The Morgan fingerprint density at radius 3 is 2.75 bits per heavy atom. The summed E-state index contributed by atoms with van der Waals surface area (Å²) in [6.45, 7) is 2.22. The largest absolute Gasteiger partial charge is 0.248 e. The first kappa shape index (κ1) is 17.1. The number of aryl methyl sites for hydroxylation is 1. The van der Waals surface area contributed by atoms with Crippen molar-refractivity contribution in [3.05, 3.63) is 36.4 Å². The molecule has 0 spiro atoms. The quantitative estimate of drug-likeness (QED) is 0.836. The molecule has 0 amide bonds. The number of fused-ring (bicyclic) bond motifs is 1. The first-order valence-electron chi connectivity index (χ1n) is 7.56. The van der Waals surface area contributed by atoms with Crippen molar-refractivity contribution in [1.82, 2.24) is 19.5 Å². The van der Waals surface area contributed by atoms with Crippen molar-refractivity contribution < 1.29 is 16.8 Å². The zero-order valence-electron chi connectivity index (χ0n) is 13.1. The number of aromatic nitrogens is 3. The van der Waals surface area contributed by atoms with Crippen molar-refractivity contribution in [2.75, 3.05) is 5.75 Å². The third-order valence-electron chi connectivity index (χ3n) is 3.97. The van der Waals surface area contributed by atoms with Crippen LogP contribution in [-0.4, -0.2) is 37.4 Å². The maximum absolute atomic E-state index is 12.6. The molecule has 1 aromatic carbocycles. The van der Waals surface area contributed by atoms with Gasteiger partial charge in [-0.15, -0.1) is 0 Å². The van der Waals surface area contributed by atoms with E-state index in [0.717, 1.165) is 6.42 Å². The van der Waals surface area contributed by atoms with Crippen molar-refractivity contribution in [1.29, 1.82) is 0 Å². The maximum Gasteiger partial charge on any atom is 0.241 e. The molecule has 10 heteroatoms. The Morgan fingerprint density at radius 2 is 2.00 bits per heavy atom. The fourth-order valence-electron chi connectivity index (χ4n) is 2.66. The van der Waals surface area contributed by atoms with Crippen molar-refractivity contribution in [3.63, 3.8) is 0 Å². The zero-order valence-corrected chi connectivity index (χ0v) is 14.7. The molecule has 8 nitrogen and oxygen atoms in total. The third kappa shape index (κ3) is 3.21. The molecule has 0 saturated heterocycles. The molecule has 130 valence electrons. The summed E-state index contributed by atoms with van der Waals surface area (Å²) in [5.41, 5.74) is 0. The highest BCUT2D eigenvalue weighted by Gasteiger charge is 2.28. The van der Waals surface area contributed by atoms with Crippen LogP contribution >= 0.6 is 0 Å². The van der Waals surface area contributed by atoms with E-state index in [9.17, 15) is 16.8 Å². The molecule has 1 aromatic heterocycles. The summed E-state index contributed by atoms with van der Waals surface area (Å²) in [6.07, 6.45) is 2.80. The van der Waals surface area contributed by atoms with Gasteiger partial charge in [-0.3, -0.25) is 0 Å². The molecule has 24 heavy (non-hydrogen) atoms. The Labute approximate surface area is 140 Å². The van der Waals surface area contributed by atoms with Crippen LogP contribution in [0.15, 0.2) is 40.4 Å². The van der Waals surface area contributed by atoms with E-state index in [0.29, 0.717) is 18.8 Å². The van der Waals surface area contributed by atoms with Gasteiger partial charge in [0.25, 0.3) is 0 Å². The van der Waals surface area contributed by atoms with Crippen LogP contribution in [0.1, 0.15) is 31.6 Å². The highest BCUT2D eigenvalue weighted by molar-refractivity contribution is 7.91. The van der Waals surface area contributed by atoms with E-state index in [-0.39, 0.29) is 15.5 Å². The number of nitrogens with one attached hydrogen (secondary N) is 1. The van der Waals surface area contributed by atoms with Crippen LogP contribution in [0.4, 0.5) is 0 Å². The lowest BCUT2D eigenvalue weighted by Crippen LogP contribution is -2.33. The van der Waals surface area contributed by atoms with Gasteiger partial charge in [0.2, 0.25) is 10.0 Å². The summed E-state index contributed by atoms with van der Waals surface area (Å²) >= 11 is 0. The summed E-state index contributed by atoms with van der Waals surface area (Å²) in [5.74, 6) is 0.484. The zero-order chi connectivity index (χ0) is 17.4. The van der Waals surface area contributed by atoms with Crippen LogP contribution in [0.2, 0.25) is 0 Å². The topological polar surface area (TPSA) is 111 Å². The molecule has 0 fully saturated rings. The first-order chi connectivity index (χ1) is 11.3. The van der Waals surface area contributed by atoms with E-state index >= 15 is 0 Å². The predicted octanol–water partition coefficient (Wildman–Crippen LogP) is 0.885. The molecule has 2 aromatic rings. The molecular formula is C14H18N4O4S2. The lowest BCUT2D eigenvalue weighted by Gasteiger charge is -2.23. The lowest BCUT2D eigenvalue weighted by molar-refractivity contribution is 0.400. The lowest BCUT2D eigenvalue weighted by atomic mass is 10.1. The van der Waals surface area contributed by atoms with Crippen molar-refractivity contribution in [2.24, 2.45) is 0 Å². The molecule has 1 aliphatic heterocycles. The van der Waals surface area contributed by atoms with E-state index < -0.39 is 25.9 Å². The molecule has 0 saturated carbocycles. The Bertz CT molecular complexity index is 951. The minimum absolute atomic E-state index is 0.000291. The number of hydrogen-bond donors (Lipinski definition) is 1. The summed E-state index contributed by atoms with van der Waals surface area (Å²) in [7, 11) is -7.34. The number of rotatable bonds is 5. The van der Waals surface area contributed by atoms with E-state index in [1.54, 1.807) is 4.68 Å². The highest BCUT2D eigenvalue weighted by atomic mass is 32.2. The van der Waals surface area contributed by atoms with Gasteiger partial charge in [-0.25, -0.2) is 31.2 Å². The van der Waals surface area contributed by atoms with Gasteiger partial charge in [-0.2, -0.15) is 5.10 Å². The van der Waals surface area contributed by atoms with Crippen LogP contribution in [0.3, 0.4) is 0 Å². The molecule has 0 unspecified atom stereocenters. The average Bonchev–Trinajstić information content (AvgIpc) is 3.04. The number of benzene rings is 1. The van der Waals surface area contributed by atoms with Crippen molar-refractivity contribution in [2.45, 2.75) is 42.1 Å². The van der Waals surface area contributed by atoms with Crippen LogP contribution in [0, 0.1) is 0 Å². The smallest absolute Gasteiger partial charge is 0.241 e. The van der Waals surface area contributed by atoms with Gasteiger partial charge in [-0.05, 0) is 31.0 Å². The van der Waals surface area contributed by atoms with Gasteiger partial charge in [0.05, 0.1) is 21.6 Å². The number of nitrogens with zero attached hydrogens (tertiary/aromatic N) is 3. The summed E-state index contributed by atoms with van der Waals surface area (Å²) in [6, 6.07) is 4.92. The number of hydrogen-bond acceptors (Lipinski definition) is 6. The Balaban J connectivity index is 1.92. The average molecular weight is 370 g/mol. The van der Waals surface area contributed by atoms with Crippen LogP contribution in [-0.2, 0) is 26.4 Å². The fraction of sp³-hybridized carbons (Fsp3) is 0.429. The van der Waals surface area contributed by atoms with Crippen LogP contribution < -0.4 is 4.72 Å². The molecule has 1 aliphatic rings. The minimum atomic E-state index is -3.87. The highest BCUT2D eigenvalue weighted by Crippen LogP contribution is 2.25. The summed E-state index contributed by atoms with van der Waals surface area (Å²) < 4.78 is 53.5. The monoisotopic (exact) mass is 370 g/mol. The Morgan fingerprint density at radius 1 is 1.25 bits per heavy atom. The third-order valence-corrected chi connectivity index (χ3v) is 7.17.